The minimum atomic E-state index is -0.406. The number of nitrogens with zero attached hydrogens (tertiary/aromatic N) is 4. The maximum absolute atomic E-state index is 12.8. The second kappa shape index (κ2) is 7.42. The van der Waals surface area contributed by atoms with E-state index in [1.807, 2.05) is 18.2 Å². The fraction of sp³-hybridized carbons (Fsp3) is 0.333. The molecule has 1 aliphatic heterocycles. The van der Waals surface area contributed by atoms with Crippen LogP contribution in [0.4, 0.5) is 11.5 Å². The molecular weight excluding hydrogens is 354 g/mol. The van der Waals surface area contributed by atoms with Crippen molar-refractivity contribution in [2.45, 2.75) is 32.6 Å². The lowest BCUT2D eigenvalue weighted by Gasteiger charge is -2.23. The number of carbonyl (C=O) groups excluding carboxylic acids is 2. The maximum atomic E-state index is 12.8. The van der Waals surface area contributed by atoms with Crippen molar-refractivity contribution in [1.82, 2.24) is 14.6 Å². The van der Waals surface area contributed by atoms with Gasteiger partial charge in [-0.15, -0.1) is 0 Å². The van der Waals surface area contributed by atoms with Crippen molar-refractivity contribution in [2.24, 2.45) is 5.92 Å². The van der Waals surface area contributed by atoms with Crippen LogP contribution in [-0.2, 0) is 9.59 Å². The number of benzene rings is 1. The fourth-order valence-electron chi connectivity index (χ4n) is 3.64. The van der Waals surface area contributed by atoms with Gasteiger partial charge >= 0.3 is 0 Å². The van der Waals surface area contributed by atoms with E-state index in [1.54, 1.807) is 33.9 Å². The van der Waals surface area contributed by atoms with Gasteiger partial charge in [-0.25, -0.2) is 4.98 Å². The lowest BCUT2D eigenvalue weighted by atomic mass is 9.96. The first kappa shape index (κ1) is 18.2. The van der Waals surface area contributed by atoms with Gasteiger partial charge in [0.25, 0.3) is 0 Å². The largest absolute Gasteiger partial charge is 0.311 e. The van der Waals surface area contributed by atoms with E-state index in [9.17, 15) is 9.59 Å². The van der Waals surface area contributed by atoms with Crippen LogP contribution in [0.15, 0.2) is 48.8 Å². The zero-order valence-corrected chi connectivity index (χ0v) is 16.0. The van der Waals surface area contributed by atoms with E-state index in [1.165, 1.54) is 0 Å². The van der Waals surface area contributed by atoms with Crippen molar-refractivity contribution < 1.29 is 9.59 Å². The summed E-state index contributed by atoms with van der Waals surface area (Å²) in [6.45, 7) is 4.67. The number of para-hydroxylation sites is 1. The van der Waals surface area contributed by atoms with Crippen LogP contribution in [0.3, 0.4) is 0 Å². The molecule has 0 bridgehead atoms. The summed E-state index contributed by atoms with van der Waals surface area (Å²) in [7, 11) is 0. The van der Waals surface area contributed by atoms with E-state index < -0.39 is 5.92 Å². The van der Waals surface area contributed by atoms with E-state index in [4.69, 9.17) is 0 Å². The minimum absolute atomic E-state index is 0.0186. The summed E-state index contributed by atoms with van der Waals surface area (Å²) in [6.07, 6.45) is 4.45. The fourth-order valence-corrected chi connectivity index (χ4v) is 3.64. The third-order valence-electron chi connectivity index (χ3n) is 5.41. The zero-order valence-electron chi connectivity index (χ0n) is 16.0. The Bertz CT molecular complexity index is 1030. The van der Waals surface area contributed by atoms with Gasteiger partial charge in [0.15, 0.2) is 5.65 Å². The molecule has 28 heavy (non-hydrogen) atoms. The number of hydrogen-bond acceptors (Lipinski definition) is 4. The molecule has 2 atom stereocenters. The topological polar surface area (TPSA) is 79.6 Å². The lowest BCUT2D eigenvalue weighted by Crippen LogP contribution is -2.29. The highest BCUT2D eigenvalue weighted by Gasteiger charge is 2.36. The van der Waals surface area contributed by atoms with Gasteiger partial charge in [0, 0.05) is 30.9 Å². The van der Waals surface area contributed by atoms with E-state index >= 15 is 0 Å². The summed E-state index contributed by atoms with van der Waals surface area (Å²) in [6, 6.07) is 11.4. The Hall–Kier alpha value is -3.22. The van der Waals surface area contributed by atoms with Crippen LogP contribution < -0.4 is 10.2 Å². The number of fused-ring (bicyclic) bond motifs is 1. The highest BCUT2D eigenvalue weighted by atomic mass is 16.2. The number of amides is 2. The monoisotopic (exact) mass is 377 g/mol. The second-order valence-corrected chi connectivity index (χ2v) is 7.19. The molecule has 1 fully saturated rings. The Morgan fingerprint density at radius 2 is 2.07 bits per heavy atom. The van der Waals surface area contributed by atoms with Gasteiger partial charge < -0.3 is 10.2 Å². The van der Waals surface area contributed by atoms with E-state index in [0.29, 0.717) is 23.9 Å². The predicted molar refractivity (Wildman–Crippen MR) is 107 cm³/mol. The Balaban J connectivity index is 1.54. The summed E-state index contributed by atoms with van der Waals surface area (Å²) < 4.78 is 1.57. The second-order valence-electron chi connectivity index (χ2n) is 7.19. The molecular formula is C21H23N5O2. The van der Waals surface area contributed by atoms with Gasteiger partial charge in [-0.1, -0.05) is 32.0 Å². The molecule has 2 amide bonds. The van der Waals surface area contributed by atoms with Crippen LogP contribution >= 0.6 is 0 Å². The Kier molecular flexibility index (Phi) is 4.81. The molecule has 0 radical (unpaired) electrons. The molecule has 3 aromatic rings. The molecule has 0 aliphatic carbocycles. The van der Waals surface area contributed by atoms with Crippen LogP contribution in [-0.4, -0.2) is 33.0 Å². The van der Waals surface area contributed by atoms with Crippen LogP contribution in [0.25, 0.3) is 5.65 Å². The highest BCUT2D eigenvalue weighted by molar-refractivity contribution is 6.03. The average molecular weight is 377 g/mol. The molecule has 1 saturated heterocycles. The number of hydrogen-bond donors (Lipinski definition) is 1. The quantitative estimate of drug-likeness (QED) is 0.740. The van der Waals surface area contributed by atoms with Crippen molar-refractivity contribution in [1.29, 1.82) is 0 Å². The highest BCUT2D eigenvalue weighted by Crippen LogP contribution is 2.33. The van der Waals surface area contributed by atoms with Crippen LogP contribution in [0.2, 0.25) is 0 Å². The summed E-state index contributed by atoms with van der Waals surface area (Å²) in [4.78, 5) is 31.5. The van der Waals surface area contributed by atoms with Gasteiger partial charge in [0.2, 0.25) is 11.8 Å². The molecule has 2 unspecified atom stereocenters. The smallest absolute Gasteiger partial charge is 0.230 e. The molecule has 1 aliphatic rings. The van der Waals surface area contributed by atoms with Gasteiger partial charge in [0.1, 0.15) is 5.82 Å². The van der Waals surface area contributed by atoms with Crippen LogP contribution in [0, 0.1) is 5.92 Å². The molecule has 4 rings (SSSR count). The standard InChI is InChI=1S/C21H23N5O2/c1-3-14(2)16-6-4-5-7-17(16)25-13-15(12-20(25)27)21(28)24-19-8-10-22-18-9-11-23-26(18)19/h4-11,14-15H,3,12-13H2,1-2H3,(H,24,28). The molecule has 1 aromatic carbocycles. The third kappa shape index (κ3) is 3.24. The summed E-state index contributed by atoms with van der Waals surface area (Å²) in [5.41, 5.74) is 2.71. The van der Waals surface area contributed by atoms with E-state index in [2.05, 4.69) is 35.3 Å². The number of rotatable bonds is 5. The molecule has 144 valence electrons. The van der Waals surface area contributed by atoms with Crippen molar-refractivity contribution in [2.75, 3.05) is 16.8 Å². The van der Waals surface area contributed by atoms with Crippen molar-refractivity contribution >= 4 is 29.0 Å². The first-order valence-corrected chi connectivity index (χ1v) is 9.57. The van der Waals surface area contributed by atoms with Gasteiger partial charge in [-0.3, -0.25) is 9.59 Å². The Morgan fingerprint density at radius 3 is 2.89 bits per heavy atom. The molecule has 3 heterocycles. The first-order valence-electron chi connectivity index (χ1n) is 9.57. The van der Waals surface area contributed by atoms with Crippen LogP contribution in [0.1, 0.15) is 38.2 Å². The molecule has 7 heteroatoms. The molecule has 2 aromatic heterocycles. The van der Waals surface area contributed by atoms with Gasteiger partial charge in [-0.05, 0) is 30.0 Å². The maximum Gasteiger partial charge on any atom is 0.230 e. The van der Waals surface area contributed by atoms with Crippen molar-refractivity contribution in [3.8, 4) is 0 Å². The van der Waals surface area contributed by atoms with E-state index in [-0.39, 0.29) is 18.2 Å². The van der Waals surface area contributed by atoms with Gasteiger partial charge in [0.05, 0.1) is 12.1 Å². The molecule has 0 spiro atoms. The Morgan fingerprint density at radius 1 is 1.25 bits per heavy atom. The average Bonchev–Trinajstić information content (AvgIpc) is 3.34. The molecule has 1 N–H and O–H groups in total. The van der Waals surface area contributed by atoms with Crippen LogP contribution in [0.5, 0.6) is 0 Å². The zero-order chi connectivity index (χ0) is 19.7. The third-order valence-corrected chi connectivity index (χ3v) is 5.41. The minimum Gasteiger partial charge on any atom is -0.311 e. The number of nitrogens with one attached hydrogen (secondary N) is 1. The SMILES string of the molecule is CCC(C)c1ccccc1N1CC(C(=O)Nc2ccnc3ccnn23)CC1=O. The normalized spacial score (nSPS) is 17.9. The summed E-state index contributed by atoms with van der Waals surface area (Å²) in [5.74, 6) is 0.290. The predicted octanol–water partition coefficient (Wildman–Crippen LogP) is 3.23. The number of aromatic nitrogens is 3. The van der Waals surface area contributed by atoms with E-state index in [0.717, 1.165) is 17.7 Å². The number of anilines is 2. The number of carbonyl (C=O) groups is 2. The van der Waals surface area contributed by atoms with Gasteiger partial charge in [-0.2, -0.15) is 9.61 Å². The Labute approximate surface area is 163 Å². The molecule has 0 saturated carbocycles. The first-order chi connectivity index (χ1) is 13.6. The summed E-state index contributed by atoms with van der Waals surface area (Å²) in [5, 5.41) is 7.08. The summed E-state index contributed by atoms with van der Waals surface area (Å²) >= 11 is 0. The van der Waals surface area contributed by atoms with Crippen molar-refractivity contribution in [3.63, 3.8) is 0 Å². The van der Waals surface area contributed by atoms with Crippen molar-refractivity contribution in [3.05, 3.63) is 54.4 Å². The lowest BCUT2D eigenvalue weighted by molar-refractivity contribution is -0.122. The molecule has 7 nitrogen and oxygen atoms in total.